The molecule has 1 aromatic carbocycles. The van der Waals surface area contributed by atoms with Crippen molar-refractivity contribution >= 4 is 22.6 Å². The van der Waals surface area contributed by atoms with Crippen molar-refractivity contribution in [2.45, 2.75) is 65.0 Å². The zero-order chi connectivity index (χ0) is 16.8. The van der Waals surface area contributed by atoms with Gasteiger partial charge in [-0.3, -0.25) is 4.79 Å². The van der Waals surface area contributed by atoms with E-state index in [0.29, 0.717) is 6.42 Å². The molecule has 0 aliphatic rings. The van der Waals surface area contributed by atoms with E-state index in [1.165, 1.54) is 5.56 Å². The van der Waals surface area contributed by atoms with E-state index < -0.39 is 16.6 Å². The number of hydrogen-bond acceptors (Lipinski definition) is 3. The van der Waals surface area contributed by atoms with Gasteiger partial charge in [0, 0.05) is 6.42 Å². The number of aryl methyl sites for hydroxylation is 1. The monoisotopic (exact) mass is 338 g/mol. The maximum atomic E-state index is 11.7. The Hall–Kier alpha value is -1.08. The molecule has 0 aliphatic carbocycles. The zero-order valence-electron chi connectivity index (χ0n) is 14.9. The quantitative estimate of drug-likeness (QED) is 0.495. The molecule has 0 atom stereocenters. The molecule has 5 heteroatoms. The SMILES string of the molecule is C[Si](C)(C)OC(=O)CCCCc1ccccc1O[Si](C)(C)C. The molecule has 0 saturated carbocycles. The van der Waals surface area contributed by atoms with Crippen LogP contribution in [0.15, 0.2) is 24.3 Å². The molecule has 1 aromatic rings. The van der Waals surface area contributed by atoms with Gasteiger partial charge in [0.05, 0.1) is 0 Å². The number of carbonyl (C=O) groups is 1. The molecule has 3 nitrogen and oxygen atoms in total. The van der Waals surface area contributed by atoms with E-state index in [-0.39, 0.29) is 5.97 Å². The predicted octanol–water partition coefficient (Wildman–Crippen LogP) is 4.99. The van der Waals surface area contributed by atoms with E-state index in [1.54, 1.807) is 0 Å². The Morgan fingerprint density at radius 1 is 0.955 bits per heavy atom. The molecule has 0 saturated heterocycles. The summed E-state index contributed by atoms with van der Waals surface area (Å²) in [7, 11) is -3.34. The zero-order valence-corrected chi connectivity index (χ0v) is 16.9. The van der Waals surface area contributed by atoms with Crippen molar-refractivity contribution in [3.63, 3.8) is 0 Å². The van der Waals surface area contributed by atoms with E-state index >= 15 is 0 Å². The van der Waals surface area contributed by atoms with Gasteiger partial charge < -0.3 is 8.85 Å². The highest BCUT2D eigenvalue weighted by atomic mass is 28.4. The fourth-order valence-corrected chi connectivity index (χ4v) is 3.76. The van der Waals surface area contributed by atoms with Crippen molar-refractivity contribution in [1.29, 1.82) is 0 Å². The highest BCUT2D eigenvalue weighted by Crippen LogP contribution is 2.23. The standard InChI is InChI=1S/C17H30O3Si2/c1-21(2,3)19-16-13-9-7-11-15(16)12-8-10-14-17(18)20-22(4,5)6/h7,9,11,13H,8,10,12,14H2,1-6H3. The van der Waals surface area contributed by atoms with Crippen LogP contribution in [0.25, 0.3) is 0 Å². The second-order valence-corrected chi connectivity index (χ2v) is 16.5. The van der Waals surface area contributed by atoms with E-state index in [1.807, 2.05) is 37.8 Å². The minimum atomic E-state index is -1.75. The smallest absolute Gasteiger partial charge is 0.292 e. The summed E-state index contributed by atoms with van der Waals surface area (Å²) in [6, 6.07) is 8.24. The van der Waals surface area contributed by atoms with Crippen LogP contribution in [0.4, 0.5) is 0 Å². The largest absolute Gasteiger partial charge is 0.544 e. The maximum absolute atomic E-state index is 11.7. The normalized spacial score (nSPS) is 12.1. The molecule has 0 N–H and O–H groups in total. The van der Waals surface area contributed by atoms with Crippen molar-refractivity contribution in [3.05, 3.63) is 29.8 Å². The van der Waals surface area contributed by atoms with Crippen LogP contribution in [0.5, 0.6) is 5.75 Å². The van der Waals surface area contributed by atoms with E-state index in [2.05, 4.69) is 25.7 Å². The van der Waals surface area contributed by atoms with Gasteiger partial charge in [-0.05, 0) is 70.2 Å². The van der Waals surface area contributed by atoms with Crippen molar-refractivity contribution in [2.75, 3.05) is 0 Å². The second-order valence-electron chi connectivity index (χ2n) is 7.62. The number of unbranched alkanes of at least 4 members (excludes halogenated alkanes) is 1. The van der Waals surface area contributed by atoms with Gasteiger partial charge in [-0.2, -0.15) is 0 Å². The van der Waals surface area contributed by atoms with Crippen LogP contribution in [-0.2, 0) is 15.6 Å². The third kappa shape index (κ3) is 8.39. The molecular weight excluding hydrogens is 308 g/mol. The Labute approximate surface area is 137 Å². The first-order chi connectivity index (χ1) is 10.1. The lowest BCUT2D eigenvalue weighted by Crippen LogP contribution is -2.29. The number of carbonyl (C=O) groups excluding carboxylic acids is 1. The Kier molecular flexibility index (Phi) is 6.87. The maximum Gasteiger partial charge on any atom is 0.292 e. The number of para-hydroxylation sites is 1. The molecule has 0 radical (unpaired) electrons. The average Bonchev–Trinajstić information content (AvgIpc) is 2.32. The molecule has 124 valence electrons. The van der Waals surface area contributed by atoms with E-state index in [9.17, 15) is 4.79 Å². The van der Waals surface area contributed by atoms with Crippen LogP contribution in [0.3, 0.4) is 0 Å². The summed E-state index contributed by atoms with van der Waals surface area (Å²) in [5.41, 5.74) is 1.24. The van der Waals surface area contributed by atoms with Crippen molar-refractivity contribution < 1.29 is 13.6 Å². The molecule has 0 aliphatic heterocycles. The molecule has 22 heavy (non-hydrogen) atoms. The average molecular weight is 339 g/mol. The summed E-state index contributed by atoms with van der Waals surface area (Å²) in [6.07, 6.45) is 3.31. The topological polar surface area (TPSA) is 35.5 Å². The van der Waals surface area contributed by atoms with Crippen LogP contribution < -0.4 is 4.43 Å². The molecule has 0 unspecified atom stereocenters. The van der Waals surface area contributed by atoms with Crippen LogP contribution in [-0.4, -0.2) is 22.6 Å². The van der Waals surface area contributed by atoms with Gasteiger partial charge in [0.2, 0.25) is 16.6 Å². The van der Waals surface area contributed by atoms with Crippen LogP contribution in [0, 0.1) is 0 Å². The Bertz CT molecular complexity index is 487. The van der Waals surface area contributed by atoms with Crippen molar-refractivity contribution in [1.82, 2.24) is 0 Å². The predicted molar refractivity (Wildman–Crippen MR) is 97.4 cm³/mol. The van der Waals surface area contributed by atoms with Crippen LogP contribution >= 0.6 is 0 Å². The molecule has 0 fully saturated rings. The highest BCUT2D eigenvalue weighted by Gasteiger charge is 2.20. The summed E-state index contributed by atoms with van der Waals surface area (Å²) < 4.78 is 11.6. The molecule has 0 spiro atoms. The molecule has 0 bridgehead atoms. The summed E-state index contributed by atoms with van der Waals surface area (Å²) in [6.45, 7) is 12.7. The lowest BCUT2D eigenvalue weighted by molar-refractivity contribution is -0.135. The van der Waals surface area contributed by atoms with E-state index in [0.717, 1.165) is 25.0 Å². The summed E-state index contributed by atoms with van der Waals surface area (Å²) in [4.78, 5) is 11.7. The van der Waals surface area contributed by atoms with Gasteiger partial charge in [0.25, 0.3) is 5.97 Å². The van der Waals surface area contributed by atoms with Crippen molar-refractivity contribution in [2.24, 2.45) is 0 Å². The molecular formula is C17H30O3Si2. The highest BCUT2D eigenvalue weighted by molar-refractivity contribution is 6.71. The van der Waals surface area contributed by atoms with E-state index in [4.69, 9.17) is 8.85 Å². The summed E-state index contributed by atoms with van der Waals surface area (Å²) in [5.74, 6) is 0.956. The third-order valence-electron chi connectivity index (χ3n) is 2.89. The van der Waals surface area contributed by atoms with Gasteiger partial charge in [-0.15, -0.1) is 0 Å². The Balaban J connectivity index is 2.44. The van der Waals surface area contributed by atoms with Crippen molar-refractivity contribution in [3.8, 4) is 5.75 Å². The minimum Gasteiger partial charge on any atom is -0.544 e. The van der Waals surface area contributed by atoms with Crippen LogP contribution in [0.2, 0.25) is 39.3 Å². The number of benzene rings is 1. The summed E-state index contributed by atoms with van der Waals surface area (Å²) >= 11 is 0. The third-order valence-corrected chi connectivity index (χ3v) is 4.56. The van der Waals surface area contributed by atoms with Gasteiger partial charge >= 0.3 is 0 Å². The van der Waals surface area contributed by atoms with Crippen LogP contribution in [0.1, 0.15) is 24.8 Å². The fraction of sp³-hybridized carbons (Fsp3) is 0.588. The first-order valence-electron chi connectivity index (χ1n) is 8.06. The van der Waals surface area contributed by atoms with Gasteiger partial charge in [-0.1, -0.05) is 18.2 Å². The lowest BCUT2D eigenvalue weighted by atomic mass is 10.1. The fourth-order valence-electron chi connectivity index (χ4n) is 2.12. The molecule has 0 aromatic heterocycles. The second kappa shape index (κ2) is 7.97. The Morgan fingerprint density at radius 2 is 1.59 bits per heavy atom. The first kappa shape index (κ1) is 19.0. The molecule has 1 rings (SSSR count). The number of rotatable bonds is 8. The molecule has 0 amide bonds. The summed E-state index contributed by atoms with van der Waals surface area (Å²) in [5, 5.41) is 0. The van der Waals surface area contributed by atoms with Gasteiger partial charge in [0.1, 0.15) is 5.75 Å². The first-order valence-corrected chi connectivity index (χ1v) is 14.9. The Morgan fingerprint density at radius 3 is 2.18 bits per heavy atom. The minimum absolute atomic E-state index is 0.0502. The lowest BCUT2D eigenvalue weighted by Gasteiger charge is -2.21. The van der Waals surface area contributed by atoms with Gasteiger partial charge in [0.15, 0.2) is 0 Å². The van der Waals surface area contributed by atoms with Gasteiger partial charge in [-0.25, -0.2) is 0 Å². The number of hydrogen-bond donors (Lipinski definition) is 0. The molecule has 0 heterocycles.